The van der Waals surface area contributed by atoms with Gasteiger partial charge < -0.3 is 10.4 Å². The van der Waals surface area contributed by atoms with E-state index in [0.29, 0.717) is 6.54 Å². The van der Waals surface area contributed by atoms with Gasteiger partial charge in [0.1, 0.15) is 6.33 Å². The van der Waals surface area contributed by atoms with Gasteiger partial charge in [-0.25, -0.2) is 9.67 Å². The molecular formula is C13H16N4O2. The molecule has 6 heteroatoms. The first-order chi connectivity index (χ1) is 9.20. The highest BCUT2D eigenvalue weighted by Gasteiger charge is 2.12. The minimum absolute atomic E-state index is 0.0140. The van der Waals surface area contributed by atoms with Crippen LogP contribution in [0.3, 0.4) is 0 Å². The van der Waals surface area contributed by atoms with Crippen molar-refractivity contribution in [3.05, 3.63) is 42.5 Å². The lowest BCUT2D eigenvalue weighted by Gasteiger charge is -2.07. The van der Waals surface area contributed by atoms with Gasteiger partial charge in [-0.2, -0.15) is 0 Å². The smallest absolute Gasteiger partial charge is 0.290 e. The normalized spacial score (nSPS) is 12.1. The van der Waals surface area contributed by atoms with Gasteiger partial charge in [-0.15, -0.1) is 5.10 Å². The van der Waals surface area contributed by atoms with Gasteiger partial charge in [0.25, 0.3) is 5.91 Å². The van der Waals surface area contributed by atoms with E-state index in [1.807, 2.05) is 37.3 Å². The minimum Gasteiger partial charge on any atom is -0.396 e. The fourth-order valence-electron chi connectivity index (χ4n) is 1.48. The number of nitrogens with zero attached hydrogens (tertiary/aromatic N) is 3. The number of aliphatic hydroxyl groups is 1. The number of rotatable bonds is 5. The number of hydrogen-bond acceptors (Lipinski definition) is 4. The zero-order chi connectivity index (χ0) is 13.7. The van der Waals surface area contributed by atoms with Gasteiger partial charge in [-0.1, -0.05) is 25.1 Å². The standard InChI is InChI=1S/C13H16N4O2/c1-10(8-18)7-14-13(19)12-15-9-17(16-12)11-5-3-2-4-6-11/h2-6,9-10,18H,7-8H2,1H3,(H,14,19). The van der Waals surface area contributed by atoms with E-state index >= 15 is 0 Å². The second-order valence-electron chi connectivity index (χ2n) is 4.35. The third-order valence-corrected chi connectivity index (χ3v) is 2.64. The Hall–Kier alpha value is -2.21. The summed E-state index contributed by atoms with van der Waals surface area (Å²) in [6.45, 7) is 2.28. The number of nitrogens with one attached hydrogen (secondary N) is 1. The zero-order valence-electron chi connectivity index (χ0n) is 10.7. The number of para-hydroxylation sites is 1. The molecule has 0 saturated carbocycles. The predicted molar refractivity (Wildman–Crippen MR) is 69.9 cm³/mol. The molecule has 1 heterocycles. The van der Waals surface area contributed by atoms with Crippen LogP contribution in [0.5, 0.6) is 0 Å². The van der Waals surface area contributed by atoms with Gasteiger partial charge >= 0.3 is 0 Å². The number of benzene rings is 1. The van der Waals surface area contributed by atoms with Crippen molar-refractivity contribution in [3.63, 3.8) is 0 Å². The molecule has 0 spiro atoms. The minimum atomic E-state index is -0.338. The highest BCUT2D eigenvalue weighted by Crippen LogP contribution is 2.04. The average Bonchev–Trinajstić information content (AvgIpc) is 2.95. The van der Waals surface area contributed by atoms with Crippen LogP contribution in [-0.2, 0) is 0 Å². The second kappa shape index (κ2) is 6.10. The summed E-state index contributed by atoms with van der Waals surface area (Å²) in [4.78, 5) is 15.8. The second-order valence-corrected chi connectivity index (χ2v) is 4.35. The van der Waals surface area contributed by atoms with Gasteiger partial charge in [-0.05, 0) is 18.1 Å². The maximum absolute atomic E-state index is 11.8. The van der Waals surface area contributed by atoms with Crippen molar-refractivity contribution in [3.8, 4) is 5.69 Å². The molecular weight excluding hydrogens is 244 g/mol. The van der Waals surface area contributed by atoms with Crippen LogP contribution in [0.15, 0.2) is 36.7 Å². The van der Waals surface area contributed by atoms with E-state index in [1.165, 1.54) is 6.33 Å². The molecule has 2 N–H and O–H groups in total. The van der Waals surface area contributed by atoms with Gasteiger partial charge in [0.2, 0.25) is 5.82 Å². The summed E-state index contributed by atoms with van der Waals surface area (Å²) in [5.74, 6) is -0.205. The molecule has 0 saturated heterocycles. The highest BCUT2D eigenvalue weighted by molar-refractivity contribution is 5.90. The molecule has 0 fully saturated rings. The SMILES string of the molecule is CC(CO)CNC(=O)c1ncn(-c2ccccc2)n1. The Balaban J connectivity index is 2.03. The van der Waals surface area contributed by atoms with Gasteiger partial charge in [0, 0.05) is 13.2 Å². The molecule has 100 valence electrons. The van der Waals surface area contributed by atoms with Crippen molar-refractivity contribution in [2.24, 2.45) is 5.92 Å². The van der Waals surface area contributed by atoms with Crippen LogP contribution in [0, 0.1) is 5.92 Å². The summed E-state index contributed by atoms with van der Waals surface area (Å²) in [6.07, 6.45) is 1.50. The third kappa shape index (κ3) is 3.38. The Labute approximate surface area is 111 Å². The molecule has 0 radical (unpaired) electrons. The predicted octanol–water partition coefficient (Wildman–Crippen LogP) is 0.625. The summed E-state index contributed by atoms with van der Waals surface area (Å²) in [7, 11) is 0. The van der Waals surface area contributed by atoms with Crippen LogP contribution in [0.2, 0.25) is 0 Å². The Kier molecular flexibility index (Phi) is 4.25. The maximum Gasteiger partial charge on any atom is 0.290 e. The number of carbonyl (C=O) groups excluding carboxylic acids is 1. The van der Waals surface area contributed by atoms with Crippen molar-refractivity contribution < 1.29 is 9.90 Å². The van der Waals surface area contributed by atoms with Crippen LogP contribution in [-0.4, -0.2) is 38.9 Å². The summed E-state index contributed by atoms with van der Waals surface area (Å²) in [5, 5.41) is 15.7. The lowest BCUT2D eigenvalue weighted by molar-refractivity contribution is 0.0932. The van der Waals surface area contributed by atoms with E-state index in [1.54, 1.807) is 4.68 Å². The highest BCUT2D eigenvalue weighted by atomic mass is 16.3. The topological polar surface area (TPSA) is 80.0 Å². The molecule has 2 aromatic rings. The average molecular weight is 260 g/mol. The molecule has 0 aliphatic rings. The molecule has 0 aliphatic heterocycles. The quantitative estimate of drug-likeness (QED) is 0.826. The Morgan fingerprint density at radius 1 is 1.42 bits per heavy atom. The molecule has 1 unspecified atom stereocenters. The summed E-state index contributed by atoms with van der Waals surface area (Å²) in [6, 6.07) is 9.44. The summed E-state index contributed by atoms with van der Waals surface area (Å²) < 4.78 is 1.55. The van der Waals surface area contributed by atoms with Crippen molar-refractivity contribution >= 4 is 5.91 Å². The maximum atomic E-state index is 11.8. The van der Waals surface area contributed by atoms with Crippen molar-refractivity contribution in [1.29, 1.82) is 0 Å². The van der Waals surface area contributed by atoms with E-state index in [0.717, 1.165) is 5.69 Å². The molecule has 1 atom stereocenters. The number of amides is 1. The van der Waals surface area contributed by atoms with Crippen LogP contribution < -0.4 is 5.32 Å². The van der Waals surface area contributed by atoms with E-state index in [4.69, 9.17) is 5.11 Å². The fraction of sp³-hybridized carbons (Fsp3) is 0.308. The van der Waals surface area contributed by atoms with E-state index in [-0.39, 0.29) is 24.3 Å². The van der Waals surface area contributed by atoms with Crippen molar-refractivity contribution in [1.82, 2.24) is 20.1 Å². The van der Waals surface area contributed by atoms with E-state index in [2.05, 4.69) is 15.4 Å². The number of hydrogen-bond donors (Lipinski definition) is 2. The van der Waals surface area contributed by atoms with Crippen LogP contribution in [0.25, 0.3) is 5.69 Å². The van der Waals surface area contributed by atoms with Crippen molar-refractivity contribution in [2.75, 3.05) is 13.2 Å². The first kappa shape index (κ1) is 13.2. The zero-order valence-corrected chi connectivity index (χ0v) is 10.7. The number of aromatic nitrogens is 3. The Bertz CT molecular complexity index is 539. The lowest BCUT2D eigenvalue weighted by Crippen LogP contribution is -2.30. The first-order valence-electron chi connectivity index (χ1n) is 6.07. The monoisotopic (exact) mass is 260 g/mol. The molecule has 0 bridgehead atoms. The van der Waals surface area contributed by atoms with Gasteiger partial charge in [0.05, 0.1) is 5.69 Å². The fourth-order valence-corrected chi connectivity index (χ4v) is 1.48. The molecule has 6 nitrogen and oxygen atoms in total. The Morgan fingerprint density at radius 3 is 2.84 bits per heavy atom. The summed E-state index contributed by atoms with van der Waals surface area (Å²) in [5.41, 5.74) is 0.845. The van der Waals surface area contributed by atoms with Crippen molar-refractivity contribution in [2.45, 2.75) is 6.92 Å². The first-order valence-corrected chi connectivity index (χ1v) is 6.07. The van der Waals surface area contributed by atoms with Crippen LogP contribution >= 0.6 is 0 Å². The largest absolute Gasteiger partial charge is 0.396 e. The molecule has 1 aromatic heterocycles. The Morgan fingerprint density at radius 2 is 2.16 bits per heavy atom. The van der Waals surface area contributed by atoms with E-state index in [9.17, 15) is 4.79 Å². The third-order valence-electron chi connectivity index (χ3n) is 2.64. The van der Waals surface area contributed by atoms with Crippen LogP contribution in [0.4, 0.5) is 0 Å². The molecule has 19 heavy (non-hydrogen) atoms. The van der Waals surface area contributed by atoms with Crippen LogP contribution in [0.1, 0.15) is 17.5 Å². The van der Waals surface area contributed by atoms with E-state index < -0.39 is 0 Å². The number of carbonyl (C=O) groups is 1. The molecule has 2 rings (SSSR count). The molecule has 1 aromatic carbocycles. The molecule has 0 aliphatic carbocycles. The molecule has 1 amide bonds. The number of aliphatic hydroxyl groups excluding tert-OH is 1. The lowest BCUT2D eigenvalue weighted by atomic mass is 10.2. The van der Waals surface area contributed by atoms with Gasteiger partial charge in [-0.3, -0.25) is 4.79 Å². The van der Waals surface area contributed by atoms with Gasteiger partial charge in [0.15, 0.2) is 0 Å². The summed E-state index contributed by atoms with van der Waals surface area (Å²) >= 11 is 0.